The Morgan fingerprint density at radius 2 is 1.40 bits per heavy atom. The van der Waals surface area contributed by atoms with Gasteiger partial charge in [0.25, 0.3) is 0 Å². The average molecular weight is 508 g/mol. The number of likely N-dealkylation sites (N-methyl/N-ethyl adjacent to an activating group) is 1. The van der Waals surface area contributed by atoms with Gasteiger partial charge in [0.2, 0.25) is 0 Å². The van der Waals surface area contributed by atoms with Crippen LogP contribution in [0.3, 0.4) is 0 Å². The standard InChI is InChI=1S/C19H24ClNO.C6H8O7/c1-15(14-21(3)4)22-19(2,16-8-6-5-7-9-16)17-10-12-18(20)13-11-17;7-3(8)1-6(13,5(11)12)2-4(9)10/h5-13,15H,14H2,1-4H3;13H,1-2H2,(H,7,8)(H,9,10)(H,11,12)/p-2. The van der Waals surface area contributed by atoms with E-state index in [4.69, 9.17) is 21.4 Å². The summed E-state index contributed by atoms with van der Waals surface area (Å²) < 4.78 is 6.50. The van der Waals surface area contributed by atoms with E-state index in [1.165, 1.54) is 4.90 Å². The molecule has 10 heteroatoms. The Kier molecular flexibility index (Phi) is 11.3. The maximum atomic E-state index is 10.1. The summed E-state index contributed by atoms with van der Waals surface area (Å²) in [6.07, 6.45) is -2.57. The van der Waals surface area contributed by atoms with Gasteiger partial charge >= 0.3 is 0 Å². The molecule has 2 unspecified atom stereocenters. The minimum absolute atomic E-state index is 0.144. The number of nitrogens with one attached hydrogen (secondary N) is 1. The van der Waals surface area contributed by atoms with Crippen LogP contribution in [0.15, 0.2) is 54.6 Å². The van der Waals surface area contributed by atoms with Gasteiger partial charge in [0.1, 0.15) is 23.9 Å². The van der Waals surface area contributed by atoms with E-state index < -0.39 is 42.0 Å². The molecule has 0 aliphatic rings. The van der Waals surface area contributed by atoms with Gasteiger partial charge < -0.3 is 44.4 Å². The lowest BCUT2D eigenvalue weighted by Gasteiger charge is -2.34. The highest BCUT2D eigenvalue weighted by atomic mass is 35.5. The second-order valence-electron chi connectivity index (χ2n) is 8.66. The van der Waals surface area contributed by atoms with Gasteiger partial charge in [-0.25, -0.2) is 0 Å². The summed E-state index contributed by atoms with van der Waals surface area (Å²) in [6, 6.07) is 18.3. The number of rotatable bonds is 11. The molecule has 0 amide bonds. The van der Waals surface area contributed by atoms with E-state index in [9.17, 15) is 29.7 Å². The van der Waals surface area contributed by atoms with Crippen molar-refractivity contribution >= 4 is 29.5 Å². The Morgan fingerprint density at radius 3 is 1.80 bits per heavy atom. The summed E-state index contributed by atoms with van der Waals surface area (Å²) in [5.74, 6) is -5.98. The van der Waals surface area contributed by atoms with E-state index in [1.54, 1.807) is 0 Å². The average Bonchev–Trinajstić information content (AvgIpc) is 2.73. The van der Waals surface area contributed by atoms with Crippen LogP contribution in [-0.2, 0) is 24.7 Å². The van der Waals surface area contributed by atoms with Crippen molar-refractivity contribution in [2.75, 3.05) is 20.6 Å². The first-order valence-electron chi connectivity index (χ1n) is 10.8. The number of aliphatic carboxylic acids is 3. The third-order valence-electron chi connectivity index (χ3n) is 5.11. The zero-order valence-electron chi connectivity index (χ0n) is 20.1. The van der Waals surface area contributed by atoms with Gasteiger partial charge in [-0.15, -0.1) is 0 Å². The molecule has 192 valence electrons. The number of carbonyl (C=O) groups excluding carboxylic acids is 3. The Balaban J connectivity index is 0.000000405. The fraction of sp³-hybridized carbons (Fsp3) is 0.400. The number of aliphatic hydroxyl groups is 1. The molecule has 0 aliphatic heterocycles. The number of halogens is 1. The van der Waals surface area contributed by atoms with Crippen molar-refractivity contribution in [2.45, 2.75) is 44.0 Å². The fourth-order valence-electron chi connectivity index (χ4n) is 3.53. The molecule has 2 atom stereocenters. The van der Waals surface area contributed by atoms with Crippen LogP contribution in [0.1, 0.15) is 37.8 Å². The summed E-state index contributed by atoms with van der Waals surface area (Å²) in [5, 5.41) is 39.7. The molecule has 2 aromatic carbocycles. The number of hydrogen-bond acceptors (Lipinski definition) is 8. The molecule has 0 spiro atoms. The van der Waals surface area contributed by atoms with Crippen molar-refractivity contribution < 1.29 is 44.4 Å². The molecule has 0 saturated heterocycles. The van der Waals surface area contributed by atoms with Crippen molar-refractivity contribution in [1.82, 2.24) is 0 Å². The van der Waals surface area contributed by atoms with Crippen LogP contribution in [0.2, 0.25) is 5.02 Å². The Hall–Kier alpha value is -2.98. The Bertz CT molecular complexity index is 965. The first kappa shape index (κ1) is 30.1. The number of ether oxygens (including phenoxy) is 1. The topological polar surface area (TPSA) is 154 Å². The monoisotopic (exact) mass is 507 g/mol. The lowest BCUT2D eigenvalue weighted by Crippen LogP contribution is -3.07. The van der Waals surface area contributed by atoms with Crippen LogP contribution < -0.4 is 20.2 Å². The summed E-state index contributed by atoms with van der Waals surface area (Å²) in [5.41, 5.74) is -1.19. The first-order chi connectivity index (χ1) is 16.2. The highest BCUT2D eigenvalue weighted by molar-refractivity contribution is 6.30. The molecule has 0 aliphatic carbocycles. The van der Waals surface area contributed by atoms with Crippen molar-refractivity contribution in [3.63, 3.8) is 0 Å². The Morgan fingerprint density at radius 1 is 0.943 bits per heavy atom. The van der Waals surface area contributed by atoms with Crippen molar-refractivity contribution in [2.24, 2.45) is 0 Å². The molecule has 2 rings (SSSR count). The molecule has 2 N–H and O–H groups in total. The van der Waals surface area contributed by atoms with Crippen molar-refractivity contribution in [1.29, 1.82) is 0 Å². The highest BCUT2D eigenvalue weighted by Gasteiger charge is 2.32. The molecule has 35 heavy (non-hydrogen) atoms. The highest BCUT2D eigenvalue weighted by Crippen LogP contribution is 2.34. The van der Waals surface area contributed by atoms with E-state index in [0.29, 0.717) is 0 Å². The molecule has 0 aromatic heterocycles. The predicted molar refractivity (Wildman–Crippen MR) is 122 cm³/mol. The van der Waals surface area contributed by atoms with Crippen molar-refractivity contribution in [3.05, 3.63) is 70.7 Å². The molecule has 9 nitrogen and oxygen atoms in total. The number of benzene rings is 2. The van der Waals surface area contributed by atoms with Gasteiger partial charge in [0.05, 0.1) is 20.1 Å². The van der Waals surface area contributed by atoms with Crippen LogP contribution in [0.4, 0.5) is 0 Å². The molecule has 0 saturated carbocycles. The van der Waals surface area contributed by atoms with E-state index in [-0.39, 0.29) is 6.10 Å². The number of hydrogen-bond donors (Lipinski definition) is 2. The minimum atomic E-state index is -2.97. The summed E-state index contributed by atoms with van der Waals surface area (Å²) >= 11 is 6.04. The SMILES string of the molecule is CC(C[NH+](C)C)OC(C)(c1ccccc1)c1ccc(Cl)cc1.O=C([O-])CC(O)(CC(=O)[O-])C(=O)[O-]. The van der Waals surface area contributed by atoms with Crippen LogP contribution >= 0.6 is 11.6 Å². The van der Waals surface area contributed by atoms with Gasteiger partial charge in [-0.05, 0) is 37.1 Å². The quantitative estimate of drug-likeness (QED) is 0.350. The molecular weight excluding hydrogens is 478 g/mol. The summed E-state index contributed by atoms with van der Waals surface area (Å²) in [4.78, 5) is 31.4. The van der Waals surface area contributed by atoms with Gasteiger partial charge in [0.15, 0.2) is 0 Å². The molecular formula is C25H30ClNO8-2. The number of carbonyl (C=O) groups is 3. The zero-order chi connectivity index (χ0) is 26.8. The first-order valence-corrected chi connectivity index (χ1v) is 11.2. The molecule has 2 aromatic rings. The second kappa shape index (κ2) is 13.2. The molecule has 0 fully saturated rings. The number of carboxylic acid groups (broad SMARTS) is 3. The fourth-order valence-corrected chi connectivity index (χ4v) is 3.66. The van der Waals surface area contributed by atoms with E-state index in [1.807, 2.05) is 30.3 Å². The van der Waals surface area contributed by atoms with Crippen LogP contribution in [0, 0.1) is 0 Å². The number of quaternary nitrogens is 1. The maximum Gasteiger partial charge on any atom is 0.116 e. The van der Waals surface area contributed by atoms with Gasteiger partial charge in [-0.1, -0.05) is 54.1 Å². The predicted octanol–water partition coefficient (Wildman–Crippen LogP) is -2.10. The summed E-state index contributed by atoms with van der Waals surface area (Å²) in [7, 11) is 4.28. The van der Waals surface area contributed by atoms with Gasteiger partial charge in [0, 0.05) is 29.8 Å². The van der Waals surface area contributed by atoms with Crippen LogP contribution in [-0.4, -0.2) is 55.4 Å². The van der Waals surface area contributed by atoms with Gasteiger partial charge in [-0.3, -0.25) is 0 Å². The summed E-state index contributed by atoms with van der Waals surface area (Å²) in [6.45, 7) is 5.22. The normalized spacial score (nSPS) is 13.8. The zero-order valence-corrected chi connectivity index (χ0v) is 20.8. The molecule has 0 radical (unpaired) electrons. The third kappa shape index (κ3) is 9.65. The van der Waals surface area contributed by atoms with E-state index in [2.05, 4.69) is 52.2 Å². The lowest BCUT2D eigenvalue weighted by atomic mass is 9.87. The van der Waals surface area contributed by atoms with Crippen LogP contribution in [0.25, 0.3) is 0 Å². The maximum absolute atomic E-state index is 10.1. The van der Waals surface area contributed by atoms with E-state index in [0.717, 1.165) is 22.7 Å². The van der Waals surface area contributed by atoms with Crippen LogP contribution in [0.5, 0.6) is 0 Å². The van der Waals surface area contributed by atoms with E-state index >= 15 is 0 Å². The van der Waals surface area contributed by atoms with Crippen molar-refractivity contribution in [3.8, 4) is 0 Å². The molecule has 0 bridgehead atoms. The largest absolute Gasteiger partial charge is 0.550 e. The minimum Gasteiger partial charge on any atom is -0.550 e. The molecule has 0 heterocycles. The smallest absolute Gasteiger partial charge is 0.116 e. The number of carboxylic acids is 3. The third-order valence-corrected chi connectivity index (χ3v) is 5.36. The Labute approximate surface area is 209 Å². The van der Waals surface area contributed by atoms with Gasteiger partial charge in [-0.2, -0.15) is 0 Å². The lowest BCUT2D eigenvalue weighted by molar-refractivity contribution is -0.862. The second-order valence-corrected chi connectivity index (χ2v) is 9.10.